The van der Waals surface area contributed by atoms with Crippen LogP contribution in [0.2, 0.25) is 5.28 Å². The number of ether oxygens (including phenoxy) is 1. The number of halogens is 1. The van der Waals surface area contributed by atoms with E-state index < -0.39 is 17.7 Å². The number of fused-ring (bicyclic) bond motifs is 3. The van der Waals surface area contributed by atoms with Crippen LogP contribution in [0.4, 0.5) is 16.3 Å². The van der Waals surface area contributed by atoms with E-state index >= 15 is 0 Å². The van der Waals surface area contributed by atoms with Gasteiger partial charge in [-0.05, 0) is 32.4 Å². The molecule has 3 heterocycles. The van der Waals surface area contributed by atoms with Crippen LogP contribution in [0.15, 0.2) is 6.20 Å². The fourth-order valence-electron chi connectivity index (χ4n) is 2.63. The topological polar surface area (TPSA) is 87.7 Å². The van der Waals surface area contributed by atoms with Crippen molar-refractivity contribution in [1.29, 1.82) is 0 Å². The number of rotatable bonds is 0. The van der Waals surface area contributed by atoms with Crippen molar-refractivity contribution in [3.8, 4) is 0 Å². The molecule has 3 rings (SSSR count). The lowest BCUT2D eigenvalue weighted by Gasteiger charge is -2.43. The number of nitrogens with zero attached hydrogens (tertiary/aromatic N) is 4. The van der Waals surface area contributed by atoms with Crippen molar-refractivity contribution in [2.24, 2.45) is 0 Å². The van der Waals surface area contributed by atoms with E-state index in [1.807, 2.05) is 25.7 Å². The Bertz CT molecular complexity index is 660. The molecule has 23 heavy (non-hydrogen) atoms. The first-order chi connectivity index (χ1) is 10.7. The third-order valence-corrected chi connectivity index (χ3v) is 3.79. The molecule has 0 aliphatic carbocycles. The van der Waals surface area contributed by atoms with E-state index in [2.05, 4.69) is 15.3 Å². The van der Waals surface area contributed by atoms with E-state index in [9.17, 15) is 9.59 Å². The van der Waals surface area contributed by atoms with Crippen LogP contribution in [0.1, 0.15) is 20.8 Å². The Morgan fingerprint density at radius 3 is 2.87 bits per heavy atom. The van der Waals surface area contributed by atoms with Crippen molar-refractivity contribution < 1.29 is 14.3 Å². The van der Waals surface area contributed by atoms with Crippen molar-refractivity contribution in [2.45, 2.75) is 32.4 Å². The number of amides is 2. The molecule has 2 aliphatic heterocycles. The molecule has 0 spiro atoms. The summed E-state index contributed by atoms with van der Waals surface area (Å²) in [6, 6.07) is -0.519. The maximum absolute atomic E-state index is 12.3. The molecule has 124 valence electrons. The van der Waals surface area contributed by atoms with Gasteiger partial charge in [-0.2, -0.15) is 4.98 Å². The van der Waals surface area contributed by atoms with E-state index in [1.54, 1.807) is 4.90 Å². The second-order valence-corrected chi connectivity index (χ2v) is 6.84. The first-order valence-electron chi connectivity index (χ1n) is 7.32. The van der Waals surface area contributed by atoms with Crippen molar-refractivity contribution in [3.63, 3.8) is 0 Å². The normalized spacial score (nSPS) is 20.5. The largest absolute Gasteiger partial charge is 0.444 e. The van der Waals surface area contributed by atoms with Crippen LogP contribution >= 0.6 is 11.6 Å². The molecule has 1 fully saturated rings. The predicted octanol–water partition coefficient (Wildman–Crippen LogP) is 1.51. The third-order valence-electron chi connectivity index (χ3n) is 3.60. The molecule has 1 unspecified atom stereocenters. The van der Waals surface area contributed by atoms with Crippen LogP contribution in [0.5, 0.6) is 0 Å². The number of aromatic nitrogens is 2. The molecule has 0 aromatic carbocycles. The highest BCUT2D eigenvalue weighted by molar-refractivity contribution is 6.28. The van der Waals surface area contributed by atoms with Crippen LogP contribution in [0.25, 0.3) is 0 Å². The Hall–Kier alpha value is -2.09. The molecule has 1 N–H and O–H groups in total. The van der Waals surface area contributed by atoms with Gasteiger partial charge >= 0.3 is 6.09 Å². The van der Waals surface area contributed by atoms with Gasteiger partial charge in [-0.15, -0.1) is 0 Å². The number of carbonyl (C=O) groups is 2. The number of hydrogen-bond donors (Lipinski definition) is 1. The molecule has 0 bridgehead atoms. The van der Waals surface area contributed by atoms with Crippen molar-refractivity contribution in [1.82, 2.24) is 14.9 Å². The van der Waals surface area contributed by atoms with Gasteiger partial charge in [0.25, 0.3) is 0 Å². The molecule has 0 saturated carbocycles. The summed E-state index contributed by atoms with van der Waals surface area (Å²) >= 11 is 5.85. The number of carbonyl (C=O) groups excluding carboxylic acids is 2. The summed E-state index contributed by atoms with van der Waals surface area (Å²) in [6.07, 6.45) is 1.07. The van der Waals surface area contributed by atoms with Crippen LogP contribution < -0.4 is 10.2 Å². The molecule has 9 heteroatoms. The lowest BCUT2D eigenvalue weighted by atomic mass is 10.1. The van der Waals surface area contributed by atoms with Gasteiger partial charge in [-0.3, -0.25) is 4.79 Å². The highest BCUT2D eigenvalue weighted by atomic mass is 35.5. The Morgan fingerprint density at radius 1 is 1.43 bits per heavy atom. The minimum Gasteiger partial charge on any atom is -0.444 e. The van der Waals surface area contributed by atoms with Gasteiger partial charge < -0.3 is 19.9 Å². The first-order valence-corrected chi connectivity index (χ1v) is 7.70. The molecule has 1 aromatic rings. The zero-order chi connectivity index (χ0) is 16.8. The molecule has 2 aliphatic rings. The number of piperazine rings is 1. The fourth-order valence-corrected chi connectivity index (χ4v) is 2.76. The Balaban J connectivity index is 1.80. The highest BCUT2D eigenvalue weighted by Crippen LogP contribution is 2.32. The summed E-state index contributed by atoms with van der Waals surface area (Å²) < 4.78 is 5.37. The van der Waals surface area contributed by atoms with Gasteiger partial charge in [0, 0.05) is 13.1 Å². The van der Waals surface area contributed by atoms with E-state index in [0.717, 1.165) is 0 Å². The van der Waals surface area contributed by atoms with Gasteiger partial charge in [-0.25, -0.2) is 9.78 Å². The summed E-state index contributed by atoms with van der Waals surface area (Å²) in [5.41, 5.74) is -0.0440. The van der Waals surface area contributed by atoms with E-state index in [0.29, 0.717) is 24.6 Å². The molecule has 1 saturated heterocycles. The molecule has 1 aromatic heterocycles. The van der Waals surface area contributed by atoms with Crippen molar-refractivity contribution >= 4 is 35.1 Å². The summed E-state index contributed by atoms with van der Waals surface area (Å²) in [5.74, 6) is 0.384. The summed E-state index contributed by atoms with van der Waals surface area (Å²) in [7, 11) is 0. The lowest BCUT2D eigenvalue weighted by molar-refractivity contribution is -0.118. The Kier molecular flexibility index (Phi) is 3.79. The van der Waals surface area contributed by atoms with Crippen molar-refractivity contribution in [3.05, 3.63) is 11.5 Å². The van der Waals surface area contributed by atoms with Gasteiger partial charge in [0.15, 0.2) is 5.82 Å². The SMILES string of the molecule is CC(C)(C)OC(=O)N1CCN2c3nc(Cl)ncc3NC(=O)C2C1. The minimum absolute atomic E-state index is 0.119. The fraction of sp³-hybridized carbons (Fsp3) is 0.571. The van der Waals surface area contributed by atoms with Gasteiger partial charge in [0.2, 0.25) is 11.2 Å². The van der Waals surface area contributed by atoms with Gasteiger partial charge in [0.1, 0.15) is 17.3 Å². The average Bonchev–Trinajstić information content (AvgIpc) is 2.46. The zero-order valence-corrected chi connectivity index (χ0v) is 13.9. The monoisotopic (exact) mass is 339 g/mol. The van der Waals surface area contributed by atoms with Crippen LogP contribution in [0.3, 0.4) is 0 Å². The number of anilines is 2. The van der Waals surface area contributed by atoms with Gasteiger partial charge in [-0.1, -0.05) is 0 Å². The minimum atomic E-state index is -0.573. The second kappa shape index (κ2) is 5.52. The highest BCUT2D eigenvalue weighted by Gasteiger charge is 2.40. The number of nitrogens with one attached hydrogen (secondary N) is 1. The zero-order valence-electron chi connectivity index (χ0n) is 13.2. The Morgan fingerprint density at radius 2 is 2.17 bits per heavy atom. The van der Waals surface area contributed by atoms with E-state index in [1.165, 1.54) is 6.20 Å². The summed E-state index contributed by atoms with van der Waals surface area (Å²) in [4.78, 5) is 36.0. The van der Waals surface area contributed by atoms with Crippen molar-refractivity contribution in [2.75, 3.05) is 29.9 Å². The third kappa shape index (κ3) is 3.17. The summed E-state index contributed by atoms with van der Waals surface area (Å²) in [6.45, 7) is 6.58. The van der Waals surface area contributed by atoms with Crippen LogP contribution in [-0.4, -0.2) is 58.1 Å². The molecule has 0 radical (unpaired) electrons. The van der Waals surface area contributed by atoms with E-state index in [-0.39, 0.29) is 17.7 Å². The maximum Gasteiger partial charge on any atom is 0.410 e. The predicted molar refractivity (Wildman–Crippen MR) is 84.6 cm³/mol. The second-order valence-electron chi connectivity index (χ2n) is 6.50. The molecule has 8 nitrogen and oxygen atoms in total. The molecular formula is C14H18ClN5O3. The lowest BCUT2D eigenvalue weighted by Crippen LogP contribution is -2.61. The quantitative estimate of drug-likeness (QED) is 0.721. The van der Waals surface area contributed by atoms with Crippen LogP contribution in [-0.2, 0) is 9.53 Å². The summed E-state index contributed by atoms with van der Waals surface area (Å²) in [5, 5.41) is 2.87. The van der Waals surface area contributed by atoms with E-state index in [4.69, 9.17) is 16.3 Å². The number of hydrogen-bond acceptors (Lipinski definition) is 6. The average molecular weight is 340 g/mol. The Labute approximate surface area is 138 Å². The molecule has 1 atom stereocenters. The van der Waals surface area contributed by atoms with Gasteiger partial charge in [0.05, 0.1) is 12.7 Å². The van der Waals surface area contributed by atoms with Crippen LogP contribution in [0, 0.1) is 0 Å². The maximum atomic E-state index is 12.3. The first kappa shape index (κ1) is 15.8. The molecular weight excluding hydrogens is 322 g/mol. The molecule has 2 amide bonds. The smallest absolute Gasteiger partial charge is 0.410 e. The standard InChI is InChI=1S/C14H18ClN5O3/c1-14(2,3)23-13(22)19-4-5-20-9(7-19)11(21)17-8-6-16-12(15)18-10(8)20/h6,9H,4-5,7H2,1-3H3,(H,17,21).